The second kappa shape index (κ2) is 7.26. The average Bonchev–Trinajstić information content (AvgIpc) is 3.15. The maximum atomic E-state index is 13.1. The summed E-state index contributed by atoms with van der Waals surface area (Å²) >= 11 is 0. The van der Waals surface area contributed by atoms with E-state index in [9.17, 15) is 19.7 Å². The number of benzene rings is 1. The Kier molecular flexibility index (Phi) is 4.53. The Morgan fingerprint density at radius 2 is 2.03 bits per heavy atom. The number of carbonyl (C=O) groups excluding carboxylic acids is 1. The fourth-order valence-corrected chi connectivity index (χ4v) is 4.97. The van der Waals surface area contributed by atoms with Crippen molar-refractivity contribution in [2.45, 2.75) is 25.4 Å². The molecule has 1 fully saturated rings. The number of fused-ring (bicyclic) bond motifs is 5. The van der Waals surface area contributed by atoms with Crippen LogP contribution < -0.4 is 10.3 Å². The molecule has 5 rings (SSSR count). The van der Waals surface area contributed by atoms with Crippen LogP contribution in [-0.2, 0) is 17.9 Å². The molecule has 160 valence electrons. The zero-order valence-corrected chi connectivity index (χ0v) is 17.1. The van der Waals surface area contributed by atoms with E-state index in [1.165, 1.54) is 10.6 Å². The summed E-state index contributed by atoms with van der Waals surface area (Å²) in [5, 5.41) is 12.1. The Balaban J connectivity index is 1.37. The fraction of sp³-hybridized carbons (Fsp3) is 0.364. The monoisotopic (exact) mass is 422 g/mol. The van der Waals surface area contributed by atoms with Crippen molar-refractivity contribution in [2.75, 3.05) is 20.2 Å². The van der Waals surface area contributed by atoms with E-state index in [0.29, 0.717) is 19.6 Å². The summed E-state index contributed by atoms with van der Waals surface area (Å²) in [6.07, 6.45) is 2.79. The zero-order chi connectivity index (χ0) is 21.7. The number of nitrogens with zero attached hydrogens (tertiary/aromatic N) is 4. The first-order valence-electron chi connectivity index (χ1n) is 10.2. The van der Waals surface area contributed by atoms with Crippen LogP contribution in [0.2, 0.25) is 0 Å². The molecule has 2 aromatic heterocycles. The predicted octanol–water partition coefficient (Wildman–Crippen LogP) is 2.37. The fourth-order valence-electron chi connectivity index (χ4n) is 4.97. The van der Waals surface area contributed by atoms with Gasteiger partial charge in [-0.1, -0.05) is 0 Å². The second-order valence-electron chi connectivity index (χ2n) is 8.28. The summed E-state index contributed by atoms with van der Waals surface area (Å²) in [5.74, 6) is 0.923. The van der Waals surface area contributed by atoms with Gasteiger partial charge in [-0.05, 0) is 42.7 Å². The van der Waals surface area contributed by atoms with Crippen LogP contribution in [0, 0.1) is 16.0 Å². The smallest absolute Gasteiger partial charge is 0.334 e. The van der Waals surface area contributed by atoms with Crippen molar-refractivity contribution in [3.05, 3.63) is 68.8 Å². The Morgan fingerprint density at radius 1 is 1.19 bits per heavy atom. The highest BCUT2D eigenvalue weighted by molar-refractivity contribution is 5.84. The molecule has 0 radical (unpaired) electrons. The molecule has 1 saturated heterocycles. The van der Waals surface area contributed by atoms with Gasteiger partial charge in [-0.3, -0.25) is 19.7 Å². The first-order chi connectivity index (χ1) is 14.9. The molecule has 1 amide bonds. The van der Waals surface area contributed by atoms with Crippen LogP contribution in [0.1, 0.15) is 18.0 Å². The molecule has 0 unspecified atom stereocenters. The molecule has 1 aromatic carbocycles. The van der Waals surface area contributed by atoms with E-state index in [2.05, 4.69) is 0 Å². The maximum Gasteiger partial charge on any atom is 0.334 e. The number of likely N-dealkylation sites (tertiary alicyclic amines) is 1. The van der Waals surface area contributed by atoms with Gasteiger partial charge in [-0.25, -0.2) is 0 Å². The summed E-state index contributed by atoms with van der Waals surface area (Å²) in [6.45, 7) is 1.71. The van der Waals surface area contributed by atoms with Gasteiger partial charge in [0.05, 0.1) is 12.0 Å². The number of amides is 1. The van der Waals surface area contributed by atoms with Crippen LogP contribution in [0.5, 0.6) is 5.75 Å². The Bertz CT molecular complexity index is 1260. The van der Waals surface area contributed by atoms with E-state index in [-0.39, 0.29) is 24.3 Å². The van der Waals surface area contributed by atoms with E-state index >= 15 is 0 Å². The van der Waals surface area contributed by atoms with Gasteiger partial charge in [0.1, 0.15) is 12.3 Å². The third kappa shape index (κ3) is 3.26. The van der Waals surface area contributed by atoms with Crippen molar-refractivity contribution in [1.82, 2.24) is 14.0 Å². The summed E-state index contributed by atoms with van der Waals surface area (Å²) in [7, 11) is 1.62. The molecule has 0 N–H and O–H groups in total. The molecule has 0 saturated carbocycles. The summed E-state index contributed by atoms with van der Waals surface area (Å²) in [6, 6.07) is 10.7. The standard InChI is InChI=1S/C22H22N4O5/c1-31-17-2-3-18-15(9-17)6-7-23(18)13-21(27)24-10-14-8-16(12-24)19-4-5-20(26(29)30)22(28)25(19)11-14/h2-7,9,14,16H,8,10-13H2,1H3/t14-,16+/m1/s1. The lowest BCUT2D eigenvalue weighted by Gasteiger charge is -2.42. The number of rotatable bonds is 4. The molecule has 9 heteroatoms. The number of pyridine rings is 1. The highest BCUT2D eigenvalue weighted by atomic mass is 16.6. The topological polar surface area (TPSA) is 99.6 Å². The first kappa shape index (κ1) is 19.3. The number of aromatic nitrogens is 2. The minimum absolute atomic E-state index is 0.00983. The van der Waals surface area contributed by atoms with Crippen molar-refractivity contribution >= 4 is 22.5 Å². The van der Waals surface area contributed by atoms with Gasteiger partial charge in [0.25, 0.3) is 0 Å². The van der Waals surface area contributed by atoms with Crippen LogP contribution in [0.4, 0.5) is 5.69 Å². The van der Waals surface area contributed by atoms with Crippen molar-refractivity contribution < 1.29 is 14.5 Å². The normalized spacial score (nSPS) is 19.8. The molecule has 2 atom stereocenters. The highest BCUT2D eigenvalue weighted by Crippen LogP contribution is 2.35. The third-order valence-corrected chi connectivity index (χ3v) is 6.42. The molecule has 2 bridgehead atoms. The Morgan fingerprint density at radius 3 is 2.81 bits per heavy atom. The molecular weight excluding hydrogens is 400 g/mol. The van der Waals surface area contributed by atoms with Gasteiger partial charge in [0.2, 0.25) is 5.91 Å². The van der Waals surface area contributed by atoms with Crippen LogP contribution >= 0.6 is 0 Å². The van der Waals surface area contributed by atoms with Gasteiger partial charge >= 0.3 is 11.2 Å². The predicted molar refractivity (Wildman–Crippen MR) is 113 cm³/mol. The quantitative estimate of drug-likeness (QED) is 0.475. The lowest BCUT2D eigenvalue weighted by Crippen LogP contribution is -2.50. The van der Waals surface area contributed by atoms with Crippen LogP contribution in [-0.4, -0.2) is 45.1 Å². The minimum atomic E-state index is -0.632. The number of carbonyl (C=O) groups is 1. The van der Waals surface area contributed by atoms with Gasteiger partial charge in [0, 0.05) is 54.4 Å². The molecular formula is C22H22N4O5. The van der Waals surface area contributed by atoms with E-state index < -0.39 is 16.2 Å². The van der Waals surface area contributed by atoms with Gasteiger partial charge in [-0.2, -0.15) is 0 Å². The van der Waals surface area contributed by atoms with Crippen LogP contribution in [0.15, 0.2) is 47.4 Å². The Hall–Kier alpha value is -3.62. The maximum absolute atomic E-state index is 13.1. The first-order valence-corrected chi connectivity index (χ1v) is 10.2. The molecule has 2 aliphatic heterocycles. The number of hydrogen-bond donors (Lipinski definition) is 0. The molecule has 9 nitrogen and oxygen atoms in total. The van der Waals surface area contributed by atoms with Crippen molar-refractivity contribution in [2.24, 2.45) is 5.92 Å². The number of ether oxygens (including phenoxy) is 1. The zero-order valence-electron chi connectivity index (χ0n) is 17.1. The number of nitro groups is 1. The molecule has 3 aromatic rings. The van der Waals surface area contributed by atoms with E-state index in [4.69, 9.17) is 4.74 Å². The second-order valence-corrected chi connectivity index (χ2v) is 8.28. The summed E-state index contributed by atoms with van der Waals surface area (Å²) < 4.78 is 8.73. The lowest BCUT2D eigenvalue weighted by molar-refractivity contribution is -0.386. The molecule has 0 spiro atoms. The van der Waals surface area contributed by atoms with Crippen LogP contribution in [0.3, 0.4) is 0 Å². The van der Waals surface area contributed by atoms with Crippen molar-refractivity contribution in [3.63, 3.8) is 0 Å². The third-order valence-electron chi connectivity index (χ3n) is 6.42. The van der Waals surface area contributed by atoms with E-state index in [1.807, 2.05) is 39.9 Å². The van der Waals surface area contributed by atoms with Crippen molar-refractivity contribution in [3.8, 4) is 5.75 Å². The lowest BCUT2D eigenvalue weighted by atomic mass is 9.83. The highest BCUT2D eigenvalue weighted by Gasteiger charge is 2.37. The summed E-state index contributed by atoms with van der Waals surface area (Å²) in [5.41, 5.74) is 0.803. The van der Waals surface area contributed by atoms with Gasteiger partial charge < -0.3 is 18.8 Å². The van der Waals surface area contributed by atoms with E-state index in [1.54, 1.807) is 13.2 Å². The van der Waals surface area contributed by atoms with Crippen molar-refractivity contribution in [1.29, 1.82) is 0 Å². The number of hydrogen-bond acceptors (Lipinski definition) is 5. The molecule has 0 aliphatic carbocycles. The number of methoxy groups -OCH3 is 1. The average molecular weight is 422 g/mol. The summed E-state index contributed by atoms with van der Waals surface area (Å²) in [4.78, 5) is 38.0. The van der Waals surface area contributed by atoms with Crippen LogP contribution in [0.25, 0.3) is 10.9 Å². The molecule has 31 heavy (non-hydrogen) atoms. The number of piperidine rings is 1. The molecule has 4 heterocycles. The van der Waals surface area contributed by atoms with Gasteiger partial charge in [-0.15, -0.1) is 0 Å². The SMILES string of the molecule is COc1ccc2c(ccn2CC(=O)N2C[C@H]3C[C@@H](C2)c2ccc([N+](=O)[O-])c(=O)n2C3)c1. The molecule has 2 aliphatic rings. The van der Waals surface area contributed by atoms with E-state index in [0.717, 1.165) is 28.8 Å². The van der Waals surface area contributed by atoms with Gasteiger partial charge in [0.15, 0.2) is 0 Å². The Labute approximate surface area is 177 Å². The largest absolute Gasteiger partial charge is 0.497 e. The minimum Gasteiger partial charge on any atom is -0.497 e.